The molecule has 1 fully saturated rings. The van der Waals surface area contributed by atoms with Gasteiger partial charge in [-0.05, 0) is 24.7 Å². The maximum absolute atomic E-state index is 12.9. The van der Waals surface area contributed by atoms with Crippen LogP contribution in [0.2, 0.25) is 0 Å². The van der Waals surface area contributed by atoms with E-state index in [1.807, 2.05) is 41.3 Å². The van der Waals surface area contributed by atoms with E-state index in [1.165, 1.54) is 4.90 Å². The van der Waals surface area contributed by atoms with Crippen LogP contribution in [0.25, 0.3) is 0 Å². The predicted molar refractivity (Wildman–Crippen MR) is 102 cm³/mol. The van der Waals surface area contributed by atoms with Crippen molar-refractivity contribution in [2.45, 2.75) is 6.04 Å². The fourth-order valence-electron chi connectivity index (χ4n) is 3.35. The first kappa shape index (κ1) is 18.1. The number of rotatable bonds is 4. The summed E-state index contributed by atoms with van der Waals surface area (Å²) in [6.45, 7) is 2.39. The molecule has 0 aromatic heterocycles. The highest BCUT2D eigenvalue weighted by atomic mass is 16.2. The smallest absolute Gasteiger partial charge is 0.254 e. The van der Waals surface area contributed by atoms with Crippen LogP contribution in [0.3, 0.4) is 0 Å². The summed E-state index contributed by atoms with van der Waals surface area (Å²) in [6.07, 6.45) is 0. The van der Waals surface area contributed by atoms with Crippen molar-refractivity contribution in [3.05, 3.63) is 71.8 Å². The third-order valence-corrected chi connectivity index (χ3v) is 4.83. The molecule has 0 bridgehead atoms. The lowest BCUT2D eigenvalue weighted by molar-refractivity contribution is -0.136. The molecule has 1 heterocycles. The number of hydrogen-bond acceptors (Lipinski definition) is 3. The van der Waals surface area contributed by atoms with E-state index in [1.54, 1.807) is 19.2 Å². The number of carbonyl (C=O) groups is 2. The molecule has 0 spiro atoms. The Bertz CT molecular complexity index is 748. The molecule has 1 aliphatic heterocycles. The van der Waals surface area contributed by atoms with Gasteiger partial charge in [0, 0.05) is 32.2 Å². The number of nitrogens with zero attached hydrogens (tertiary/aromatic N) is 3. The lowest BCUT2D eigenvalue weighted by atomic mass is 10.0. The van der Waals surface area contributed by atoms with E-state index in [0.29, 0.717) is 12.1 Å². The highest BCUT2D eigenvalue weighted by molar-refractivity contribution is 5.96. The summed E-state index contributed by atoms with van der Waals surface area (Å²) >= 11 is 0. The van der Waals surface area contributed by atoms with Gasteiger partial charge in [0.1, 0.15) is 0 Å². The first-order chi connectivity index (χ1) is 12.6. The Morgan fingerprint density at radius 1 is 1.00 bits per heavy atom. The second kappa shape index (κ2) is 8.15. The van der Waals surface area contributed by atoms with Gasteiger partial charge in [-0.3, -0.25) is 9.59 Å². The van der Waals surface area contributed by atoms with Crippen LogP contribution in [0.5, 0.6) is 0 Å². The van der Waals surface area contributed by atoms with E-state index in [-0.39, 0.29) is 24.4 Å². The van der Waals surface area contributed by atoms with E-state index in [0.717, 1.165) is 18.7 Å². The lowest BCUT2D eigenvalue weighted by Gasteiger charge is -2.41. The van der Waals surface area contributed by atoms with Gasteiger partial charge in [0.2, 0.25) is 5.91 Å². The predicted octanol–water partition coefficient (Wildman–Crippen LogP) is 2.27. The summed E-state index contributed by atoms with van der Waals surface area (Å²) in [7, 11) is 3.75. The van der Waals surface area contributed by atoms with E-state index >= 15 is 0 Å². The fraction of sp³-hybridized carbons (Fsp3) is 0.333. The maximum Gasteiger partial charge on any atom is 0.254 e. The number of amides is 2. The number of carbonyl (C=O) groups excluding carboxylic acids is 2. The van der Waals surface area contributed by atoms with Crippen LogP contribution in [-0.2, 0) is 4.79 Å². The van der Waals surface area contributed by atoms with Gasteiger partial charge in [-0.2, -0.15) is 0 Å². The molecule has 2 aromatic carbocycles. The van der Waals surface area contributed by atoms with Gasteiger partial charge in [0.25, 0.3) is 5.91 Å². The second-order valence-corrected chi connectivity index (χ2v) is 6.80. The summed E-state index contributed by atoms with van der Waals surface area (Å²) in [4.78, 5) is 31.1. The fourth-order valence-corrected chi connectivity index (χ4v) is 3.35. The number of hydrogen-bond donors (Lipinski definition) is 0. The highest BCUT2D eigenvalue weighted by Crippen LogP contribution is 2.25. The van der Waals surface area contributed by atoms with Crippen molar-refractivity contribution in [2.75, 3.05) is 40.3 Å². The van der Waals surface area contributed by atoms with Crippen LogP contribution >= 0.6 is 0 Å². The van der Waals surface area contributed by atoms with Crippen LogP contribution < -0.4 is 0 Å². The molecule has 3 rings (SSSR count). The summed E-state index contributed by atoms with van der Waals surface area (Å²) in [5, 5.41) is 0. The molecule has 2 aromatic rings. The van der Waals surface area contributed by atoms with E-state index in [4.69, 9.17) is 0 Å². The number of benzene rings is 2. The molecule has 1 atom stereocenters. The molecule has 5 heteroatoms. The Kier molecular flexibility index (Phi) is 5.68. The molecule has 26 heavy (non-hydrogen) atoms. The molecule has 5 nitrogen and oxygen atoms in total. The third kappa shape index (κ3) is 4.11. The zero-order valence-corrected chi connectivity index (χ0v) is 15.3. The molecule has 2 amide bonds. The Labute approximate surface area is 154 Å². The SMILES string of the molecule is CN1CCN(C(=O)CN(C)C(=O)c2ccccc2)[C@@H](c2ccccc2)C1. The van der Waals surface area contributed by atoms with Gasteiger partial charge in [-0.25, -0.2) is 0 Å². The van der Waals surface area contributed by atoms with Crippen LogP contribution in [0.4, 0.5) is 0 Å². The molecular formula is C21H25N3O2. The molecule has 0 radical (unpaired) electrons. The van der Waals surface area contributed by atoms with E-state index < -0.39 is 0 Å². The number of likely N-dealkylation sites (N-methyl/N-ethyl adjacent to an activating group) is 2. The minimum absolute atomic E-state index is 0.0151. The van der Waals surface area contributed by atoms with Crippen molar-refractivity contribution in [3.8, 4) is 0 Å². The van der Waals surface area contributed by atoms with Gasteiger partial charge in [0.15, 0.2) is 0 Å². The minimum atomic E-state index is -0.135. The van der Waals surface area contributed by atoms with Gasteiger partial charge >= 0.3 is 0 Å². The molecule has 1 saturated heterocycles. The average molecular weight is 351 g/mol. The summed E-state index contributed by atoms with van der Waals surface area (Å²) in [5.74, 6) is -0.150. The molecule has 1 aliphatic rings. The molecular weight excluding hydrogens is 326 g/mol. The molecule has 0 saturated carbocycles. The van der Waals surface area contributed by atoms with E-state index in [9.17, 15) is 9.59 Å². The van der Waals surface area contributed by atoms with E-state index in [2.05, 4.69) is 24.1 Å². The van der Waals surface area contributed by atoms with Crippen molar-refractivity contribution >= 4 is 11.8 Å². The number of piperazine rings is 1. The van der Waals surface area contributed by atoms with Gasteiger partial charge in [-0.15, -0.1) is 0 Å². The highest BCUT2D eigenvalue weighted by Gasteiger charge is 2.31. The second-order valence-electron chi connectivity index (χ2n) is 6.80. The van der Waals surface area contributed by atoms with Gasteiger partial charge in [-0.1, -0.05) is 48.5 Å². The monoisotopic (exact) mass is 351 g/mol. The van der Waals surface area contributed by atoms with Crippen molar-refractivity contribution < 1.29 is 9.59 Å². The first-order valence-corrected chi connectivity index (χ1v) is 8.89. The Morgan fingerprint density at radius 3 is 2.27 bits per heavy atom. The van der Waals surface area contributed by atoms with Crippen LogP contribution in [0, 0.1) is 0 Å². The zero-order chi connectivity index (χ0) is 18.5. The van der Waals surface area contributed by atoms with Crippen molar-refractivity contribution in [3.63, 3.8) is 0 Å². The Morgan fingerprint density at radius 2 is 1.62 bits per heavy atom. The quantitative estimate of drug-likeness (QED) is 0.849. The van der Waals surface area contributed by atoms with Gasteiger partial charge < -0.3 is 14.7 Å². The zero-order valence-electron chi connectivity index (χ0n) is 15.3. The normalized spacial score (nSPS) is 17.8. The third-order valence-electron chi connectivity index (χ3n) is 4.83. The van der Waals surface area contributed by atoms with Gasteiger partial charge in [0.05, 0.1) is 12.6 Å². The molecule has 136 valence electrons. The average Bonchev–Trinajstić information content (AvgIpc) is 2.68. The largest absolute Gasteiger partial charge is 0.332 e. The summed E-state index contributed by atoms with van der Waals surface area (Å²) < 4.78 is 0. The van der Waals surface area contributed by atoms with Crippen LogP contribution in [-0.4, -0.2) is 66.8 Å². The Balaban J connectivity index is 1.72. The van der Waals surface area contributed by atoms with Crippen LogP contribution in [0.1, 0.15) is 22.0 Å². The van der Waals surface area contributed by atoms with Crippen molar-refractivity contribution in [1.82, 2.24) is 14.7 Å². The van der Waals surface area contributed by atoms with Crippen LogP contribution in [0.15, 0.2) is 60.7 Å². The van der Waals surface area contributed by atoms with Crippen molar-refractivity contribution in [1.29, 1.82) is 0 Å². The summed E-state index contributed by atoms with van der Waals surface area (Å²) in [5.41, 5.74) is 1.73. The van der Waals surface area contributed by atoms with Crippen molar-refractivity contribution in [2.24, 2.45) is 0 Å². The molecule has 0 N–H and O–H groups in total. The molecule has 0 unspecified atom stereocenters. The first-order valence-electron chi connectivity index (χ1n) is 8.89. The lowest BCUT2D eigenvalue weighted by Crippen LogP contribution is -2.52. The molecule has 0 aliphatic carbocycles. The summed E-state index contributed by atoms with van der Waals surface area (Å²) in [6, 6.07) is 19.2. The topological polar surface area (TPSA) is 43.9 Å². The standard InChI is InChI=1S/C21H25N3O2/c1-22-13-14-24(19(15-22)17-9-5-3-6-10-17)20(25)16-23(2)21(26)18-11-7-4-8-12-18/h3-12,19H,13-16H2,1-2H3/t19-/m1/s1. The minimum Gasteiger partial charge on any atom is -0.332 e. The maximum atomic E-state index is 12.9. The Hall–Kier alpha value is -2.66.